The van der Waals surface area contributed by atoms with E-state index in [1.807, 2.05) is 0 Å². The molecule has 1 fully saturated rings. The minimum atomic E-state index is 0. The Bertz CT molecular complexity index is 307. The van der Waals surface area contributed by atoms with Gasteiger partial charge in [-0.15, -0.1) is 24.0 Å². The molecule has 132 valence electrons. The Morgan fingerprint density at radius 3 is 2.55 bits per heavy atom. The highest BCUT2D eigenvalue weighted by molar-refractivity contribution is 14.0. The third kappa shape index (κ3) is 9.87. The number of nitrogens with zero attached hydrogens (tertiary/aromatic N) is 2. The predicted octanol–water partition coefficient (Wildman–Crippen LogP) is 3.33. The summed E-state index contributed by atoms with van der Waals surface area (Å²) in [4.78, 5) is 7.18. The van der Waals surface area contributed by atoms with Crippen LogP contribution < -0.4 is 10.6 Å². The molecule has 0 bridgehead atoms. The molecule has 1 saturated heterocycles. The molecule has 0 aromatic carbocycles. The van der Waals surface area contributed by atoms with E-state index in [4.69, 9.17) is 4.99 Å². The molecule has 5 heteroatoms. The molecule has 0 aromatic heterocycles. The normalized spacial score (nSPS) is 20.8. The molecule has 2 N–H and O–H groups in total. The van der Waals surface area contributed by atoms with E-state index in [0.29, 0.717) is 6.04 Å². The van der Waals surface area contributed by atoms with Gasteiger partial charge >= 0.3 is 0 Å². The van der Waals surface area contributed by atoms with Crippen molar-refractivity contribution in [1.29, 1.82) is 0 Å². The van der Waals surface area contributed by atoms with Gasteiger partial charge in [-0.25, -0.2) is 0 Å². The van der Waals surface area contributed by atoms with Crippen molar-refractivity contribution in [3.05, 3.63) is 0 Å². The Balaban J connectivity index is 0.00000441. The van der Waals surface area contributed by atoms with E-state index < -0.39 is 0 Å². The quantitative estimate of drug-likeness (QED) is 0.357. The van der Waals surface area contributed by atoms with Gasteiger partial charge in [-0.05, 0) is 52.1 Å². The van der Waals surface area contributed by atoms with Gasteiger partial charge in [-0.3, -0.25) is 4.99 Å². The molecular formula is C17H37IN4. The molecule has 0 aromatic rings. The van der Waals surface area contributed by atoms with Crippen molar-refractivity contribution in [2.75, 3.05) is 33.2 Å². The molecule has 0 spiro atoms. The number of likely N-dealkylation sites (tertiary alicyclic amines) is 1. The second-order valence-electron chi connectivity index (χ2n) is 7.01. The van der Waals surface area contributed by atoms with Crippen molar-refractivity contribution in [1.82, 2.24) is 15.5 Å². The Labute approximate surface area is 154 Å². The first-order valence-corrected chi connectivity index (χ1v) is 8.74. The van der Waals surface area contributed by atoms with Crippen LogP contribution in [0.4, 0.5) is 0 Å². The van der Waals surface area contributed by atoms with Crippen molar-refractivity contribution in [3.8, 4) is 0 Å². The Morgan fingerprint density at radius 2 is 2.00 bits per heavy atom. The number of aliphatic imine (C=N–C) groups is 1. The molecule has 1 aliphatic rings. The minimum absolute atomic E-state index is 0. The lowest BCUT2D eigenvalue weighted by Crippen LogP contribution is -2.42. The zero-order chi connectivity index (χ0) is 15.7. The van der Waals surface area contributed by atoms with Gasteiger partial charge in [-0.2, -0.15) is 0 Å². The van der Waals surface area contributed by atoms with Gasteiger partial charge in [0.2, 0.25) is 0 Å². The zero-order valence-corrected chi connectivity index (χ0v) is 17.5. The lowest BCUT2D eigenvalue weighted by Gasteiger charge is -2.19. The van der Waals surface area contributed by atoms with E-state index >= 15 is 0 Å². The molecule has 22 heavy (non-hydrogen) atoms. The van der Waals surface area contributed by atoms with Gasteiger partial charge in [0.1, 0.15) is 0 Å². The van der Waals surface area contributed by atoms with E-state index in [-0.39, 0.29) is 24.0 Å². The molecule has 0 amide bonds. The van der Waals surface area contributed by atoms with Crippen molar-refractivity contribution in [3.63, 3.8) is 0 Å². The van der Waals surface area contributed by atoms with E-state index in [2.05, 4.69) is 50.3 Å². The SMILES string of the molecule is CCNC(=NCC1CCN(C)C1)NC(C)CCCC(C)C.I. The van der Waals surface area contributed by atoms with E-state index in [9.17, 15) is 0 Å². The summed E-state index contributed by atoms with van der Waals surface area (Å²) in [5.41, 5.74) is 0. The standard InChI is InChI=1S/C17H36N4.HI/c1-6-18-17(19-12-16-10-11-21(5)13-16)20-15(4)9-7-8-14(2)3;/h14-16H,6-13H2,1-5H3,(H2,18,19,20);1H. The molecule has 0 aliphatic carbocycles. The average molecular weight is 424 g/mol. The summed E-state index contributed by atoms with van der Waals surface area (Å²) in [6.45, 7) is 13.3. The lowest BCUT2D eigenvalue weighted by atomic mass is 10.0. The molecule has 0 saturated carbocycles. The Kier molecular flexibility index (Phi) is 12.4. The smallest absolute Gasteiger partial charge is 0.191 e. The van der Waals surface area contributed by atoms with Crippen LogP contribution in [-0.2, 0) is 0 Å². The largest absolute Gasteiger partial charge is 0.357 e. The second kappa shape index (κ2) is 12.4. The summed E-state index contributed by atoms with van der Waals surface area (Å²) in [5, 5.41) is 6.93. The van der Waals surface area contributed by atoms with Gasteiger partial charge in [0, 0.05) is 25.7 Å². The van der Waals surface area contributed by atoms with Crippen LogP contribution in [0.3, 0.4) is 0 Å². The lowest BCUT2D eigenvalue weighted by molar-refractivity contribution is 0.397. The third-order valence-corrected chi connectivity index (χ3v) is 4.14. The highest BCUT2D eigenvalue weighted by Gasteiger charge is 2.19. The van der Waals surface area contributed by atoms with Crippen molar-refractivity contribution in [2.24, 2.45) is 16.8 Å². The average Bonchev–Trinajstić information content (AvgIpc) is 2.81. The maximum atomic E-state index is 4.78. The topological polar surface area (TPSA) is 39.7 Å². The molecule has 1 heterocycles. The maximum Gasteiger partial charge on any atom is 0.191 e. The van der Waals surface area contributed by atoms with E-state index in [0.717, 1.165) is 30.9 Å². The van der Waals surface area contributed by atoms with Crippen LogP contribution in [0.2, 0.25) is 0 Å². The van der Waals surface area contributed by atoms with Gasteiger partial charge in [-0.1, -0.05) is 26.7 Å². The number of guanidine groups is 1. The summed E-state index contributed by atoms with van der Waals surface area (Å²) < 4.78 is 0. The molecule has 4 nitrogen and oxygen atoms in total. The van der Waals surface area contributed by atoms with Crippen LogP contribution in [-0.4, -0.2) is 50.1 Å². The molecule has 1 aliphatic heterocycles. The number of halogens is 1. The van der Waals surface area contributed by atoms with Crippen molar-refractivity contribution < 1.29 is 0 Å². The second-order valence-corrected chi connectivity index (χ2v) is 7.01. The summed E-state index contributed by atoms with van der Waals surface area (Å²) >= 11 is 0. The number of hydrogen-bond acceptors (Lipinski definition) is 2. The molecule has 0 radical (unpaired) electrons. The van der Waals surface area contributed by atoms with Gasteiger partial charge in [0.15, 0.2) is 5.96 Å². The predicted molar refractivity (Wildman–Crippen MR) is 108 cm³/mol. The first-order chi connectivity index (χ1) is 10.0. The fourth-order valence-electron chi connectivity index (χ4n) is 2.85. The molecule has 2 unspecified atom stereocenters. The zero-order valence-electron chi connectivity index (χ0n) is 15.2. The van der Waals surface area contributed by atoms with Crippen LogP contribution in [0.1, 0.15) is 53.4 Å². The summed E-state index contributed by atoms with van der Waals surface area (Å²) in [6.07, 6.45) is 5.10. The highest BCUT2D eigenvalue weighted by Crippen LogP contribution is 2.14. The Hall–Kier alpha value is -0.0400. The van der Waals surface area contributed by atoms with Gasteiger partial charge < -0.3 is 15.5 Å². The van der Waals surface area contributed by atoms with Gasteiger partial charge in [0.05, 0.1) is 0 Å². The van der Waals surface area contributed by atoms with Crippen LogP contribution in [0.15, 0.2) is 4.99 Å². The summed E-state index contributed by atoms with van der Waals surface area (Å²) in [7, 11) is 2.20. The monoisotopic (exact) mass is 424 g/mol. The van der Waals surface area contributed by atoms with Crippen LogP contribution in [0.5, 0.6) is 0 Å². The first kappa shape index (κ1) is 22.0. The van der Waals surface area contributed by atoms with E-state index in [1.54, 1.807) is 0 Å². The van der Waals surface area contributed by atoms with Gasteiger partial charge in [0.25, 0.3) is 0 Å². The minimum Gasteiger partial charge on any atom is -0.357 e. The number of rotatable bonds is 8. The van der Waals surface area contributed by atoms with Crippen LogP contribution >= 0.6 is 24.0 Å². The molecular weight excluding hydrogens is 387 g/mol. The fraction of sp³-hybridized carbons (Fsp3) is 0.941. The van der Waals surface area contributed by atoms with E-state index in [1.165, 1.54) is 38.8 Å². The Morgan fingerprint density at radius 1 is 1.27 bits per heavy atom. The summed E-state index contributed by atoms with van der Waals surface area (Å²) in [6, 6.07) is 0.493. The van der Waals surface area contributed by atoms with Crippen LogP contribution in [0.25, 0.3) is 0 Å². The first-order valence-electron chi connectivity index (χ1n) is 8.74. The molecule has 1 rings (SSSR count). The van der Waals surface area contributed by atoms with Crippen molar-refractivity contribution >= 4 is 29.9 Å². The third-order valence-electron chi connectivity index (χ3n) is 4.14. The molecule has 2 atom stereocenters. The van der Waals surface area contributed by atoms with Crippen molar-refractivity contribution in [2.45, 2.75) is 59.4 Å². The fourth-order valence-corrected chi connectivity index (χ4v) is 2.85. The van der Waals surface area contributed by atoms with Crippen LogP contribution in [0, 0.1) is 11.8 Å². The number of nitrogens with one attached hydrogen (secondary N) is 2. The summed E-state index contributed by atoms with van der Waals surface area (Å²) in [5.74, 6) is 2.52. The highest BCUT2D eigenvalue weighted by atomic mass is 127. The number of hydrogen-bond donors (Lipinski definition) is 2. The maximum absolute atomic E-state index is 4.78.